The van der Waals surface area contributed by atoms with Gasteiger partial charge in [-0.2, -0.15) is 5.26 Å². The molecule has 0 aliphatic carbocycles. The summed E-state index contributed by atoms with van der Waals surface area (Å²) in [6.45, 7) is 0. The van der Waals surface area contributed by atoms with Gasteiger partial charge in [0.15, 0.2) is 0 Å². The maximum Gasteiger partial charge on any atom is 0.150 e. The lowest BCUT2D eigenvalue weighted by Crippen LogP contribution is -1.89. The Hall–Kier alpha value is -2.47. The van der Waals surface area contributed by atoms with Gasteiger partial charge in [-0.1, -0.05) is 18.2 Å². The Morgan fingerprint density at radius 3 is 2.88 bits per heavy atom. The summed E-state index contributed by atoms with van der Waals surface area (Å²) in [5.74, 6) is 0. The topological polar surface area (TPSA) is 53.8 Å². The quantitative estimate of drug-likeness (QED) is 0.712. The number of nitriles is 1. The third-order valence-corrected chi connectivity index (χ3v) is 2.22. The fraction of sp³-hybridized carbons (Fsp3) is 0. The molecule has 16 heavy (non-hydrogen) atoms. The van der Waals surface area contributed by atoms with E-state index >= 15 is 0 Å². The number of rotatable bonds is 2. The monoisotopic (exact) mass is 208 g/mol. The van der Waals surface area contributed by atoms with Crippen LogP contribution in [0, 0.1) is 11.3 Å². The van der Waals surface area contributed by atoms with E-state index in [2.05, 4.69) is 11.1 Å². The van der Waals surface area contributed by atoms with E-state index in [0.29, 0.717) is 16.8 Å². The van der Waals surface area contributed by atoms with E-state index in [4.69, 9.17) is 5.26 Å². The Morgan fingerprint density at radius 2 is 2.12 bits per heavy atom. The minimum absolute atomic E-state index is 0.505. The average molecular weight is 208 g/mol. The van der Waals surface area contributed by atoms with Gasteiger partial charge in [-0.3, -0.25) is 9.78 Å². The van der Waals surface area contributed by atoms with Crippen molar-refractivity contribution in [2.75, 3.05) is 0 Å². The van der Waals surface area contributed by atoms with Gasteiger partial charge in [0.1, 0.15) is 12.4 Å². The second kappa shape index (κ2) is 4.37. The van der Waals surface area contributed by atoms with Crippen molar-refractivity contribution >= 4 is 6.29 Å². The van der Waals surface area contributed by atoms with Crippen LogP contribution in [0.5, 0.6) is 0 Å². The molecule has 2 aromatic rings. The zero-order valence-corrected chi connectivity index (χ0v) is 8.42. The molecule has 0 atom stereocenters. The first-order valence-corrected chi connectivity index (χ1v) is 4.76. The maximum atomic E-state index is 10.7. The first-order valence-electron chi connectivity index (χ1n) is 4.76. The highest BCUT2D eigenvalue weighted by molar-refractivity contribution is 5.79. The molecule has 0 spiro atoms. The number of aromatic nitrogens is 1. The van der Waals surface area contributed by atoms with Gasteiger partial charge in [0, 0.05) is 17.3 Å². The van der Waals surface area contributed by atoms with E-state index in [-0.39, 0.29) is 0 Å². The van der Waals surface area contributed by atoms with Crippen LogP contribution in [-0.2, 0) is 0 Å². The molecule has 0 saturated heterocycles. The van der Waals surface area contributed by atoms with Gasteiger partial charge >= 0.3 is 0 Å². The van der Waals surface area contributed by atoms with E-state index in [1.807, 2.05) is 6.07 Å². The second-order valence-corrected chi connectivity index (χ2v) is 3.25. The normalized spacial score (nSPS) is 9.44. The molecule has 0 radical (unpaired) electrons. The summed E-state index contributed by atoms with van der Waals surface area (Å²) in [4.78, 5) is 14.8. The molecular weight excluding hydrogens is 200 g/mol. The predicted octanol–water partition coefficient (Wildman–Crippen LogP) is 2.43. The number of benzene rings is 1. The van der Waals surface area contributed by atoms with Gasteiger partial charge in [0.2, 0.25) is 0 Å². The van der Waals surface area contributed by atoms with Crippen LogP contribution < -0.4 is 0 Å². The van der Waals surface area contributed by atoms with Gasteiger partial charge in [0.25, 0.3) is 0 Å². The highest BCUT2D eigenvalue weighted by Crippen LogP contribution is 2.20. The number of nitrogens with zero attached hydrogens (tertiary/aromatic N) is 2. The summed E-state index contributed by atoms with van der Waals surface area (Å²) in [6.07, 6.45) is 2.41. The molecule has 1 aromatic heterocycles. The predicted molar refractivity (Wildman–Crippen MR) is 59.8 cm³/mol. The van der Waals surface area contributed by atoms with Crippen molar-refractivity contribution in [3.63, 3.8) is 0 Å². The summed E-state index contributed by atoms with van der Waals surface area (Å²) < 4.78 is 0. The van der Waals surface area contributed by atoms with E-state index < -0.39 is 0 Å². The Balaban J connectivity index is 2.59. The van der Waals surface area contributed by atoms with Gasteiger partial charge in [-0.05, 0) is 18.2 Å². The smallest absolute Gasteiger partial charge is 0.150 e. The Labute approximate surface area is 93.0 Å². The van der Waals surface area contributed by atoms with Gasteiger partial charge in [0.05, 0.1) is 11.3 Å². The molecule has 0 fully saturated rings. The van der Waals surface area contributed by atoms with Crippen LogP contribution in [-0.4, -0.2) is 11.3 Å². The van der Waals surface area contributed by atoms with Crippen molar-refractivity contribution < 1.29 is 4.79 Å². The van der Waals surface area contributed by atoms with Crippen molar-refractivity contribution in [2.45, 2.75) is 0 Å². The summed E-state index contributed by atoms with van der Waals surface area (Å²) in [6, 6.07) is 12.5. The number of pyridine rings is 1. The lowest BCUT2D eigenvalue weighted by molar-refractivity contribution is 0.112. The first kappa shape index (κ1) is 10.1. The molecule has 0 aliphatic rings. The SMILES string of the molecule is N#Cc1cccnc1-c1cccc(C=O)c1. The summed E-state index contributed by atoms with van der Waals surface area (Å²) in [7, 11) is 0. The molecule has 0 N–H and O–H groups in total. The van der Waals surface area contributed by atoms with Crippen LogP contribution in [0.4, 0.5) is 0 Å². The Bertz CT molecular complexity index is 570. The van der Waals surface area contributed by atoms with Crippen LogP contribution in [0.1, 0.15) is 15.9 Å². The fourth-order valence-electron chi connectivity index (χ4n) is 1.48. The second-order valence-electron chi connectivity index (χ2n) is 3.25. The highest BCUT2D eigenvalue weighted by atomic mass is 16.1. The Morgan fingerprint density at radius 1 is 1.25 bits per heavy atom. The molecule has 0 saturated carbocycles. The van der Waals surface area contributed by atoms with Crippen molar-refractivity contribution in [1.29, 1.82) is 5.26 Å². The van der Waals surface area contributed by atoms with Crippen LogP contribution in [0.25, 0.3) is 11.3 Å². The zero-order valence-electron chi connectivity index (χ0n) is 8.42. The molecular formula is C13H8N2O. The molecule has 2 rings (SSSR count). The molecule has 0 unspecified atom stereocenters. The highest BCUT2D eigenvalue weighted by Gasteiger charge is 2.05. The number of hydrogen-bond acceptors (Lipinski definition) is 3. The van der Waals surface area contributed by atoms with Crippen molar-refractivity contribution in [3.8, 4) is 17.3 Å². The largest absolute Gasteiger partial charge is 0.298 e. The maximum absolute atomic E-state index is 10.7. The molecule has 0 aliphatic heterocycles. The van der Waals surface area contributed by atoms with Gasteiger partial charge < -0.3 is 0 Å². The first-order chi connectivity index (χ1) is 7.85. The van der Waals surface area contributed by atoms with E-state index in [1.165, 1.54) is 0 Å². The average Bonchev–Trinajstić information content (AvgIpc) is 2.38. The number of carbonyl (C=O) groups excluding carboxylic acids is 1. The van der Waals surface area contributed by atoms with Crippen molar-refractivity contribution in [3.05, 3.63) is 53.7 Å². The third-order valence-electron chi connectivity index (χ3n) is 2.22. The fourth-order valence-corrected chi connectivity index (χ4v) is 1.48. The van der Waals surface area contributed by atoms with E-state index in [0.717, 1.165) is 11.8 Å². The lowest BCUT2D eigenvalue weighted by atomic mass is 10.0. The number of aldehydes is 1. The summed E-state index contributed by atoms with van der Waals surface area (Å²) in [5, 5.41) is 8.95. The summed E-state index contributed by atoms with van der Waals surface area (Å²) >= 11 is 0. The molecule has 0 bridgehead atoms. The van der Waals surface area contributed by atoms with Gasteiger partial charge in [-0.15, -0.1) is 0 Å². The number of hydrogen-bond donors (Lipinski definition) is 0. The van der Waals surface area contributed by atoms with Gasteiger partial charge in [-0.25, -0.2) is 0 Å². The molecule has 3 nitrogen and oxygen atoms in total. The third kappa shape index (κ3) is 1.82. The molecule has 0 amide bonds. The molecule has 1 aromatic carbocycles. The van der Waals surface area contributed by atoms with Crippen LogP contribution in [0.3, 0.4) is 0 Å². The molecule has 76 valence electrons. The molecule has 3 heteroatoms. The number of carbonyl (C=O) groups is 1. The Kier molecular flexibility index (Phi) is 2.75. The lowest BCUT2D eigenvalue weighted by Gasteiger charge is -2.02. The zero-order chi connectivity index (χ0) is 11.4. The van der Waals surface area contributed by atoms with Crippen LogP contribution in [0.15, 0.2) is 42.6 Å². The molecule has 1 heterocycles. The van der Waals surface area contributed by atoms with Crippen molar-refractivity contribution in [2.24, 2.45) is 0 Å². The van der Waals surface area contributed by atoms with E-state index in [1.54, 1.807) is 36.5 Å². The summed E-state index contributed by atoms with van der Waals surface area (Å²) in [5.41, 5.74) is 2.47. The van der Waals surface area contributed by atoms with Crippen LogP contribution in [0.2, 0.25) is 0 Å². The minimum atomic E-state index is 0.505. The van der Waals surface area contributed by atoms with E-state index in [9.17, 15) is 4.79 Å². The standard InChI is InChI=1S/C13H8N2O/c14-8-12-5-2-6-15-13(12)11-4-1-3-10(7-11)9-16/h1-7,9H. The van der Waals surface area contributed by atoms with Crippen molar-refractivity contribution in [1.82, 2.24) is 4.98 Å². The minimum Gasteiger partial charge on any atom is -0.298 e. The van der Waals surface area contributed by atoms with Crippen LogP contribution >= 0.6 is 0 Å².